The highest BCUT2D eigenvalue weighted by atomic mass is 32.2. The maximum Gasteiger partial charge on any atom is 0.296 e. The number of nitrogens with one attached hydrogen (secondary N) is 2. The lowest BCUT2D eigenvalue weighted by atomic mass is 10.2. The van der Waals surface area contributed by atoms with Gasteiger partial charge < -0.3 is 10.1 Å². The van der Waals surface area contributed by atoms with Gasteiger partial charge in [-0.25, -0.2) is 5.14 Å². The van der Waals surface area contributed by atoms with E-state index in [1.54, 1.807) is 25.3 Å². The first kappa shape index (κ1) is 14.7. The highest BCUT2D eigenvalue weighted by Crippen LogP contribution is 2.17. The van der Waals surface area contributed by atoms with E-state index in [0.29, 0.717) is 12.3 Å². The van der Waals surface area contributed by atoms with Gasteiger partial charge in [-0.1, -0.05) is 6.07 Å². The topological polar surface area (TPSA) is 93.4 Å². The summed E-state index contributed by atoms with van der Waals surface area (Å²) in [5, 5.41) is 8.16. The molecule has 0 aliphatic carbocycles. The van der Waals surface area contributed by atoms with Crippen LogP contribution in [0.5, 0.6) is 0 Å². The van der Waals surface area contributed by atoms with Crippen LogP contribution in [0.3, 0.4) is 0 Å². The van der Waals surface area contributed by atoms with E-state index in [1.807, 2.05) is 13.0 Å². The number of hydrogen-bond acceptors (Lipinski definition) is 4. The minimum Gasteiger partial charge on any atom is -0.385 e. The quantitative estimate of drug-likeness (QED) is 0.694. The monoisotopic (exact) mass is 273 g/mol. The third kappa shape index (κ3) is 5.85. The fourth-order valence-corrected chi connectivity index (χ4v) is 1.94. The van der Waals surface area contributed by atoms with Gasteiger partial charge in [0.1, 0.15) is 0 Å². The van der Waals surface area contributed by atoms with Crippen molar-refractivity contribution in [3.05, 3.63) is 24.3 Å². The molecule has 1 aromatic rings. The van der Waals surface area contributed by atoms with Crippen LogP contribution in [0.15, 0.2) is 24.3 Å². The zero-order valence-electron chi connectivity index (χ0n) is 10.5. The average Bonchev–Trinajstić information content (AvgIpc) is 2.24. The minimum atomic E-state index is -3.73. The molecule has 0 aromatic heterocycles. The first-order valence-electron chi connectivity index (χ1n) is 5.57. The maximum atomic E-state index is 10.9. The third-order valence-electron chi connectivity index (χ3n) is 2.29. The Kier molecular flexibility index (Phi) is 5.39. The van der Waals surface area contributed by atoms with Crippen LogP contribution in [-0.4, -0.2) is 28.2 Å². The van der Waals surface area contributed by atoms with E-state index in [2.05, 4.69) is 10.0 Å². The second kappa shape index (κ2) is 6.58. The average molecular weight is 273 g/mol. The van der Waals surface area contributed by atoms with Crippen molar-refractivity contribution >= 4 is 21.6 Å². The van der Waals surface area contributed by atoms with E-state index in [9.17, 15) is 8.42 Å². The lowest BCUT2D eigenvalue weighted by molar-refractivity contribution is 0.191. The van der Waals surface area contributed by atoms with Crippen molar-refractivity contribution < 1.29 is 13.2 Å². The Morgan fingerprint density at radius 2 is 2.06 bits per heavy atom. The molecule has 0 spiro atoms. The molecular weight excluding hydrogens is 254 g/mol. The van der Waals surface area contributed by atoms with Crippen molar-refractivity contribution in [2.45, 2.75) is 19.4 Å². The van der Waals surface area contributed by atoms with E-state index < -0.39 is 10.2 Å². The van der Waals surface area contributed by atoms with Crippen LogP contribution in [0.2, 0.25) is 0 Å². The van der Waals surface area contributed by atoms with E-state index >= 15 is 0 Å². The molecule has 0 amide bonds. The van der Waals surface area contributed by atoms with Gasteiger partial charge in [-0.15, -0.1) is 0 Å². The normalized spacial score (nSPS) is 13.1. The fraction of sp³-hybridized carbons (Fsp3) is 0.455. The molecule has 7 heteroatoms. The molecule has 6 nitrogen and oxygen atoms in total. The van der Waals surface area contributed by atoms with Crippen molar-refractivity contribution in [3.8, 4) is 0 Å². The summed E-state index contributed by atoms with van der Waals surface area (Å²) in [6.07, 6.45) is 0.864. The highest BCUT2D eigenvalue weighted by molar-refractivity contribution is 7.90. The highest BCUT2D eigenvalue weighted by Gasteiger charge is 2.05. The van der Waals surface area contributed by atoms with Crippen molar-refractivity contribution in [1.29, 1.82) is 0 Å². The summed E-state index contributed by atoms with van der Waals surface area (Å²) in [4.78, 5) is 0. The molecule has 1 atom stereocenters. The SMILES string of the molecule is COCCC(C)Nc1cccc(NS(N)(=O)=O)c1. The Labute approximate surface area is 108 Å². The molecule has 0 fully saturated rings. The van der Waals surface area contributed by atoms with Gasteiger partial charge in [0.15, 0.2) is 0 Å². The number of methoxy groups -OCH3 is 1. The summed E-state index contributed by atoms with van der Waals surface area (Å²) >= 11 is 0. The number of hydrogen-bond donors (Lipinski definition) is 3. The summed E-state index contributed by atoms with van der Waals surface area (Å²) in [6, 6.07) is 7.16. The molecule has 102 valence electrons. The van der Waals surface area contributed by atoms with Crippen molar-refractivity contribution in [1.82, 2.24) is 0 Å². The number of anilines is 2. The zero-order chi connectivity index (χ0) is 13.6. The van der Waals surface area contributed by atoms with E-state index in [0.717, 1.165) is 12.1 Å². The standard InChI is InChI=1S/C11H19N3O3S/c1-9(6-7-17-2)13-10-4-3-5-11(8-10)14-18(12,15)16/h3-5,8-9,13-14H,6-7H2,1-2H3,(H2,12,15,16). The molecule has 4 N–H and O–H groups in total. The molecule has 0 heterocycles. The van der Waals surface area contributed by atoms with E-state index in [-0.39, 0.29) is 6.04 Å². The third-order valence-corrected chi connectivity index (χ3v) is 2.81. The molecular formula is C11H19N3O3S. The van der Waals surface area contributed by atoms with Gasteiger partial charge in [-0.05, 0) is 31.5 Å². The first-order chi connectivity index (χ1) is 8.40. The lowest BCUT2D eigenvalue weighted by Gasteiger charge is -2.15. The summed E-state index contributed by atoms with van der Waals surface area (Å²) < 4.78 is 29.0. The van der Waals surface area contributed by atoms with Crippen molar-refractivity contribution in [3.63, 3.8) is 0 Å². The number of ether oxygens (including phenoxy) is 1. The Balaban J connectivity index is 2.64. The Morgan fingerprint density at radius 1 is 1.39 bits per heavy atom. The summed E-state index contributed by atoms with van der Waals surface area (Å²) in [5.74, 6) is 0. The van der Waals surface area contributed by atoms with Crippen LogP contribution < -0.4 is 15.2 Å². The second-order valence-electron chi connectivity index (χ2n) is 4.05. The number of nitrogens with two attached hydrogens (primary N) is 1. The molecule has 0 bridgehead atoms. The Morgan fingerprint density at radius 3 is 2.67 bits per heavy atom. The van der Waals surface area contributed by atoms with Gasteiger partial charge in [-0.3, -0.25) is 4.72 Å². The van der Waals surface area contributed by atoms with Gasteiger partial charge in [0.25, 0.3) is 10.2 Å². The van der Waals surface area contributed by atoms with Gasteiger partial charge in [0.2, 0.25) is 0 Å². The van der Waals surface area contributed by atoms with E-state index in [1.165, 1.54) is 0 Å². The number of benzene rings is 1. The van der Waals surface area contributed by atoms with Crippen molar-refractivity contribution in [2.75, 3.05) is 23.8 Å². The van der Waals surface area contributed by atoms with Crippen LogP contribution in [-0.2, 0) is 14.9 Å². The zero-order valence-corrected chi connectivity index (χ0v) is 11.3. The van der Waals surface area contributed by atoms with Crippen LogP contribution in [0, 0.1) is 0 Å². The molecule has 0 aliphatic rings. The minimum absolute atomic E-state index is 0.231. The van der Waals surface area contributed by atoms with E-state index in [4.69, 9.17) is 9.88 Å². The molecule has 1 unspecified atom stereocenters. The van der Waals surface area contributed by atoms with Crippen LogP contribution in [0.25, 0.3) is 0 Å². The molecule has 1 rings (SSSR count). The second-order valence-corrected chi connectivity index (χ2v) is 5.35. The molecule has 18 heavy (non-hydrogen) atoms. The maximum absolute atomic E-state index is 10.9. The van der Waals surface area contributed by atoms with Gasteiger partial charge in [-0.2, -0.15) is 8.42 Å². The summed E-state index contributed by atoms with van der Waals surface area (Å²) in [5.41, 5.74) is 1.26. The Hall–Kier alpha value is -1.31. The van der Waals surface area contributed by atoms with Crippen LogP contribution in [0.4, 0.5) is 11.4 Å². The predicted molar refractivity (Wildman–Crippen MR) is 72.7 cm³/mol. The molecule has 1 aromatic carbocycles. The molecule has 0 radical (unpaired) electrons. The molecule has 0 saturated carbocycles. The fourth-order valence-electron chi connectivity index (χ4n) is 1.49. The van der Waals surface area contributed by atoms with Gasteiger partial charge in [0, 0.05) is 25.4 Å². The van der Waals surface area contributed by atoms with Crippen LogP contribution >= 0.6 is 0 Å². The van der Waals surface area contributed by atoms with Gasteiger partial charge >= 0.3 is 0 Å². The van der Waals surface area contributed by atoms with Crippen LogP contribution in [0.1, 0.15) is 13.3 Å². The van der Waals surface area contributed by atoms with Crippen molar-refractivity contribution in [2.24, 2.45) is 5.14 Å². The first-order valence-corrected chi connectivity index (χ1v) is 7.11. The summed E-state index contributed by atoms with van der Waals surface area (Å²) in [6.45, 7) is 2.70. The largest absolute Gasteiger partial charge is 0.385 e. The summed E-state index contributed by atoms with van der Waals surface area (Å²) in [7, 11) is -2.08. The Bertz CT molecular complexity index is 476. The van der Waals surface area contributed by atoms with Gasteiger partial charge in [0.05, 0.1) is 5.69 Å². The molecule has 0 aliphatic heterocycles. The predicted octanol–water partition coefficient (Wildman–Crippen LogP) is 1.14. The molecule has 0 saturated heterocycles. The number of rotatable bonds is 7. The smallest absolute Gasteiger partial charge is 0.296 e. The lowest BCUT2D eigenvalue weighted by Crippen LogP contribution is -2.22.